The standard InChI is InChI=1S/C24H20N6O3/c31-23(30-24(32)33)29-20-9-1-8-19(28-20)22(18-7-4-12-27-15-18)21(16-5-2-10-25-13-16)17-6-3-11-26-14-17/h1-15,21-22H,(H,32,33)(H2,28,29,30,31). The van der Waals surface area contributed by atoms with E-state index in [-0.39, 0.29) is 17.7 Å². The number of carbonyl (C=O) groups is 2. The molecule has 0 aliphatic heterocycles. The molecule has 1 unspecified atom stereocenters. The lowest BCUT2D eigenvalue weighted by atomic mass is 9.76. The first-order chi connectivity index (χ1) is 16.1. The number of pyridine rings is 4. The lowest BCUT2D eigenvalue weighted by molar-refractivity contribution is 0.194. The Hall–Kier alpha value is -4.66. The fourth-order valence-electron chi connectivity index (χ4n) is 3.73. The number of nitrogens with zero attached hydrogens (tertiary/aromatic N) is 4. The summed E-state index contributed by atoms with van der Waals surface area (Å²) in [6.07, 6.45) is 9.08. The van der Waals surface area contributed by atoms with Gasteiger partial charge >= 0.3 is 12.1 Å². The third kappa shape index (κ3) is 5.34. The van der Waals surface area contributed by atoms with Gasteiger partial charge in [-0.15, -0.1) is 0 Å². The van der Waals surface area contributed by atoms with Crippen molar-refractivity contribution in [2.75, 3.05) is 5.32 Å². The summed E-state index contributed by atoms with van der Waals surface area (Å²) < 4.78 is 0. The van der Waals surface area contributed by atoms with Crippen LogP contribution in [0.3, 0.4) is 0 Å². The molecule has 4 aromatic heterocycles. The maximum absolute atomic E-state index is 11.9. The van der Waals surface area contributed by atoms with Gasteiger partial charge in [-0.3, -0.25) is 20.3 Å². The Morgan fingerprint density at radius 2 is 1.27 bits per heavy atom. The molecule has 0 aliphatic carbocycles. The van der Waals surface area contributed by atoms with Crippen LogP contribution in [0.2, 0.25) is 0 Å². The molecule has 0 saturated heterocycles. The highest BCUT2D eigenvalue weighted by atomic mass is 16.4. The van der Waals surface area contributed by atoms with E-state index in [4.69, 9.17) is 5.11 Å². The molecule has 0 bridgehead atoms. The van der Waals surface area contributed by atoms with Crippen LogP contribution in [0, 0.1) is 0 Å². The minimum atomic E-state index is -1.45. The maximum atomic E-state index is 11.9. The lowest BCUT2D eigenvalue weighted by Gasteiger charge is -2.28. The molecule has 9 nitrogen and oxygen atoms in total. The van der Waals surface area contributed by atoms with Crippen LogP contribution in [-0.2, 0) is 0 Å². The van der Waals surface area contributed by atoms with Crippen molar-refractivity contribution in [3.05, 3.63) is 114 Å². The van der Waals surface area contributed by atoms with E-state index >= 15 is 0 Å². The first-order valence-electron chi connectivity index (χ1n) is 10.1. The van der Waals surface area contributed by atoms with Gasteiger partial charge in [0, 0.05) is 49.0 Å². The average molecular weight is 440 g/mol. The van der Waals surface area contributed by atoms with E-state index in [0.717, 1.165) is 16.7 Å². The van der Waals surface area contributed by atoms with Crippen LogP contribution in [0.1, 0.15) is 34.2 Å². The first-order valence-corrected chi connectivity index (χ1v) is 10.1. The normalized spacial score (nSPS) is 11.5. The van der Waals surface area contributed by atoms with Crippen LogP contribution >= 0.6 is 0 Å². The number of aromatic nitrogens is 4. The number of nitrogens with one attached hydrogen (secondary N) is 2. The molecule has 4 aromatic rings. The first kappa shape index (κ1) is 21.6. The highest BCUT2D eigenvalue weighted by molar-refractivity contribution is 5.97. The highest BCUT2D eigenvalue weighted by Crippen LogP contribution is 2.41. The number of rotatable bonds is 6. The second-order valence-corrected chi connectivity index (χ2v) is 7.15. The van der Waals surface area contributed by atoms with Gasteiger partial charge in [0.1, 0.15) is 5.82 Å². The van der Waals surface area contributed by atoms with Crippen molar-refractivity contribution in [1.82, 2.24) is 25.3 Å². The summed E-state index contributed by atoms with van der Waals surface area (Å²) in [5, 5.41) is 13.0. The van der Waals surface area contributed by atoms with Gasteiger partial charge in [-0.25, -0.2) is 19.9 Å². The number of hydrogen-bond acceptors (Lipinski definition) is 6. The van der Waals surface area contributed by atoms with Crippen molar-refractivity contribution in [3.63, 3.8) is 0 Å². The second kappa shape index (κ2) is 10.1. The minimum absolute atomic E-state index is 0.202. The SMILES string of the molecule is O=C(O)NC(=O)Nc1cccc(C(c2cccnc2)C(c2cccnc2)c2cccnc2)n1. The van der Waals surface area contributed by atoms with Crippen molar-refractivity contribution < 1.29 is 14.7 Å². The van der Waals surface area contributed by atoms with Gasteiger partial charge in [-0.1, -0.05) is 24.3 Å². The molecule has 4 heterocycles. The molecule has 0 radical (unpaired) electrons. The van der Waals surface area contributed by atoms with E-state index in [1.807, 2.05) is 54.9 Å². The van der Waals surface area contributed by atoms with Crippen molar-refractivity contribution in [1.29, 1.82) is 0 Å². The maximum Gasteiger partial charge on any atom is 0.412 e. The summed E-state index contributed by atoms with van der Waals surface area (Å²) in [4.78, 5) is 40.2. The molecule has 33 heavy (non-hydrogen) atoms. The predicted molar refractivity (Wildman–Crippen MR) is 121 cm³/mol. The summed E-state index contributed by atoms with van der Waals surface area (Å²) in [5.41, 5.74) is 3.50. The van der Waals surface area contributed by atoms with Crippen LogP contribution in [0.5, 0.6) is 0 Å². The Morgan fingerprint density at radius 3 is 1.76 bits per heavy atom. The van der Waals surface area contributed by atoms with E-state index < -0.39 is 12.1 Å². The molecule has 0 fully saturated rings. The van der Waals surface area contributed by atoms with E-state index in [9.17, 15) is 9.59 Å². The molecule has 0 saturated carbocycles. The topological polar surface area (TPSA) is 130 Å². The van der Waals surface area contributed by atoms with Crippen molar-refractivity contribution >= 4 is 17.9 Å². The molecular weight excluding hydrogens is 420 g/mol. The predicted octanol–water partition coefficient (Wildman–Crippen LogP) is 4.03. The zero-order valence-corrected chi connectivity index (χ0v) is 17.4. The fourth-order valence-corrected chi connectivity index (χ4v) is 3.73. The van der Waals surface area contributed by atoms with E-state index in [1.165, 1.54) is 0 Å². The molecule has 0 aromatic carbocycles. The van der Waals surface area contributed by atoms with Crippen LogP contribution in [0.25, 0.3) is 0 Å². The van der Waals surface area contributed by atoms with E-state index in [1.54, 1.807) is 42.2 Å². The Labute approximate surface area is 189 Å². The van der Waals surface area contributed by atoms with Gasteiger partial charge in [0.05, 0.1) is 5.69 Å². The lowest BCUT2D eigenvalue weighted by Crippen LogP contribution is -2.33. The number of carboxylic acid groups (broad SMARTS) is 1. The van der Waals surface area contributed by atoms with Crippen LogP contribution in [-0.4, -0.2) is 37.2 Å². The largest absolute Gasteiger partial charge is 0.465 e. The zero-order chi connectivity index (χ0) is 23.0. The minimum Gasteiger partial charge on any atom is -0.465 e. The molecule has 3 N–H and O–H groups in total. The molecule has 4 rings (SSSR count). The summed E-state index contributed by atoms with van der Waals surface area (Å²) in [6.45, 7) is 0. The molecule has 1 atom stereocenters. The van der Waals surface area contributed by atoms with Gasteiger partial charge in [0.15, 0.2) is 0 Å². The summed E-state index contributed by atoms with van der Waals surface area (Å²) in [7, 11) is 0. The number of hydrogen-bond donors (Lipinski definition) is 3. The second-order valence-electron chi connectivity index (χ2n) is 7.15. The molecule has 3 amide bonds. The summed E-state index contributed by atoms with van der Waals surface area (Å²) in [5.74, 6) is -0.278. The average Bonchev–Trinajstić information content (AvgIpc) is 2.83. The molecule has 0 spiro atoms. The molecule has 0 aliphatic rings. The Morgan fingerprint density at radius 1 is 0.727 bits per heavy atom. The zero-order valence-electron chi connectivity index (χ0n) is 17.4. The third-order valence-electron chi connectivity index (χ3n) is 5.02. The third-order valence-corrected chi connectivity index (χ3v) is 5.02. The number of anilines is 1. The number of urea groups is 1. The number of imide groups is 1. The molecule has 164 valence electrons. The van der Waals surface area contributed by atoms with Crippen LogP contribution in [0.15, 0.2) is 91.8 Å². The number of carbonyl (C=O) groups excluding carboxylic acids is 1. The van der Waals surface area contributed by atoms with Crippen LogP contribution < -0.4 is 10.6 Å². The summed E-state index contributed by atoms with van der Waals surface area (Å²) >= 11 is 0. The Bertz CT molecular complexity index is 1180. The van der Waals surface area contributed by atoms with Crippen molar-refractivity contribution in [3.8, 4) is 0 Å². The monoisotopic (exact) mass is 440 g/mol. The molecular formula is C24H20N6O3. The fraction of sp³-hybridized carbons (Fsp3) is 0.0833. The number of amides is 3. The van der Waals surface area contributed by atoms with Gasteiger partial charge < -0.3 is 5.11 Å². The van der Waals surface area contributed by atoms with E-state index in [0.29, 0.717) is 5.69 Å². The smallest absolute Gasteiger partial charge is 0.412 e. The van der Waals surface area contributed by atoms with Gasteiger partial charge in [-0.05, 0) is 47.0 Å². The van der Waals surface area contributed by atoms with Crippen LogP contribution in [0.4, 0.5) is 15.4 Å². The van der Waals surface area contributed by atoms with Crippen molar-refractivity contribution in [2.24, 2.45) is 0 Å². The summed E-state index contributed by atoms with van der Waals surface area (Å²) in [6, 6.07) is 15.9. The Kier molecular flexibility index (Phi) is 6.60. The van der Waals surface area contributed by atoms with E-state index in [2.05, 4.69) is 25.3 Å². The Balaban J connectivity index is 1.83. The molecule has 9 heteroatoms. The van der Waals surface area contributed by atoms with Crippen molar-refractivity contribution in [2.45, 2.75) is 11.8 Å². The highest BCUT2D eigenvalue weighted by Gasteiger charge is 2.30. The van der Waals surface area contributed by atoms with Gasteiger partial charge in [-0.2, -0.15) is 0 Å². The quantitative estimate of drug-likeness (QED) is 0.413. The van der Waals surface area contributed by atoms with Gasteiger partial charge in [0.25, 0.3) is 0 Å². The van der Waals surface area contributed by atoms with Gasteiger partial charge in [0.2, 0.25) is 0 Å².